The van der Waals surface area contributed by atoms with E-state index in [1.165, 1.54) is 0 Å². The van der Waals surface area contributed by atoms with Crippen molar-refractivity contribution in [1.82, 2.24) is 19.9 Å². The van der Waals surface area contributed by atoms with E-state index in [9.17, 15) is 4.79 Å². The van der Waals surface area contributed by atoms with Crippen molar-refractivity contribution in [2.24, 2.45) is 0 Å². The van der Waals surface area contributed by atoms with Crippen molar-refractivity contribution in [1.29, 1.82) is 0 Å². The van der Waals surface area contributed by atoms with Crippen LogP contribution in [0, 0.1) is 0 Å². The maximum atomic E-state index is 13.1. The summed E-state index contributed by atoms with van der Waals surface area (Å²) in [5, 5.41) is 3.81. The van der Waals surface area contributed by atoms with Crippen molar-refractivity contribution >= 4 is 49.4 Å². The molecule has 0 atom stereocenters. The van der Waals surface area contributed by atoms with E-state index in [1.54, 1.807) is 20.4 Å². The Labute approximate surface area is 194 Å². The molecule has 0 radical (unpaired) electrons. The van der Waals surface area contributed by atoms with Gasteiger partial charge in [0, 0.05) is 34.3 Å². The van der Waals surface area contributed by atoms with Gasteiger partial charge in [0.1, 0.15) is 22.8 Å². The van der Waals surface area contributed by atoms with Crippen LogP contribution in [0.4, 0.5) is 0 Å². The molecule has 6 aromatic rings. The molecule has 4 heterocycles. The van der Waals surface area contributed by atoms with Gasteiger partial charge in [0.05, 0.1) is 36.2 Å². The van der Waals surface area contributed by atoms with E-state index < -0.39 is 0 Å². The Balaban J connectivity index is 1.79. The summed E-state index contributed by atoms with van der Waals surface area (Å²) in [6, 6.07) is 15.9. The Morgan fingerprint density at radius 1 is 0.853 bits per heavy atom. The van der Waals surface area contributed by atoms with Gasteiger partial charge in [-0.3, -0.25) is 9.78 Å². The Bertz CT molecular complexity index is 1750. The minimum absolute atomic E-state index is 0.0664. The van der Waals surface area contributed by atoms with E-state index in [0.717, 1.165) is 38.1 Å². The third kappa shape index (κ3) is 2.73. The number of methoxy groups -OCH3 is 2. The Morgan fingerprint density at radius 2 is 1.68 bits per heavy atom. The minimum atomic E-state index is -0.0664. The molecule has 2 N–H and O–H groups in total. The van der Waals surface area contributed by atoms with Crippen LogP contribution in [0.15, 0.2) is 54.7 Å². The maximum absolute atomic E-state index is 13.1. The summed E-state index contributed by atoms with van der Waals surface area (Å²) in [5.74, 6) is 1.17. The number of Topliss-reactive ketones (excluding diaryl/α,β-unsaturated/α-hetero) is 1. The highest BCUT2D eigenvalue weighted by atomic mass is 16.5. The van der Waals surface area contributed by atoms with Gasteiger partial charge in [-0.2, -0.15) is 0 Å². The zero-order chi connectivity index (χ0) is 23.4. The third-order valence-corrected chi connectivity index (χ3v) is 6.36. The summed E-state index contributed by atoms with van der Waals surface area (Å²) in [6.07, 6.45) is 2.09. The summed E-state index contributed by atoms with van der Waals surface area (Å²) in [7, 11) is 3.24. The van der Waals surface area contributed by atoms with Crippen molar-refractivity contribution in [2.45, 2.75) is 13.3 Å². The van der Waals surface area contributed by atoms with E-state index in [4.69, 9.17) is 19.4 Å². The minimum Gasteiger partial charge on any atom is -0.495 e. The first-order valence-corrected chi connectivity index (χ1v) is 11.1. The number of para-hydroxylation sites is 2. The lowest BCUT2D eigenvalue weighted by Crippen LogP contribution is -2.05. The highest BCUT2D eigenvalue weighted by Crippen LogP contribution is 2.44. The molecule has 168 valence electrons. The lowest BCUT2D eigenvalue weighted by molar-refractivity contribution is 0.0985. The molecule has 0 aliphatic carbocycles. The fraction of sp³-hybridized carbons (Fsp3) is 0.148. The Kier molecular flexibility index (Phi) is 4.52. The second-order valence-corrected chi connectivity index (χ2v) is 8.13. The average molecular weight is 450 g/mol. The van der Waals surface area contributed by atoms with Crippen molar-refractivity contribution < 1.29 is 14.3 Å². The van der Waals surface area contributed by atoms with Crippen LogP contribution >= 0.6 is 0 Å². The topological polar surface area (TPSA) is 92.9 Å². The molecule has 0 saturated carbocycles. The molecule has 6 rings (SSSR count). The van der Waals surface area contributed by atoms with Gasteiger partial charge >= 0.3 is 0 Å². The fourth-order valence-corrected chi connectivity index (χ4v) is 4.79. The number of carbonyl (C=O) groups excluding carboxylic acids is 1. The highest BCUT2D eigenvalue weighted by molar-refractivity contribution is 6.20. The number of rotatable bonds is 5. The second-order valence-electron chi connectivity index (χ2n) is 8.13. The molecule has 0 aliphatic rings. The molecule has 0 bridgehead atoms. The number of fused-ring (bicyclic) bond motifs is 6. The van der Waals surface area contributed by atoms with Gasteiger partial charge in [-0.15, -0.1) is 0 Å². The van der Waals surface area contributed by atoms with Crippen LogP contribution in [0.3, 0.4) is 0 Å². The van der Waals surface area contributed by atoms with E-state index in [0.29, 0.717) is 40.5 Å². The van der Waals surface area contributed by atoms with Gasteiger partial charge in [-0.05, 0) is 18.2 Å². The van der Waals surface area contributed by atoms with Crippen LogP contribution in [0.5, 0.6) is 11.5 Å². The summed E-state index contributed by atoms with van der Waals surface area (Å²) >= 11 is 0. The number of carbonyl (C=O) groups is 1. The van der Waals surface area contributed by atoms with Gasteiger partial charge in [-0.1, -0.05) is 37.3 Å². The number of hydrogen-bond donors (Lipinski definition) is 2. The molecule has 34 heavy (non-hydrogen) atoms. The number of benzene rings is 2. The number of nitrogens with zero attached hydrogens (tertiary/aromatic N) is 2. The molecular formula is C27H22N4O3. The summed E-state index contributed by atoms with van der Waals surface area (Å²) in [4.78, 5) is 29.5. The Hall–Kier alpha value is -4.39. The number of H-pyrrole nitrogens is 2. The molecule has 4 aromatic heterocycles. The normalized spacial score (nSPS) is 11.6. The van der Waals surface area contributed by atoms with E-state index >= 15 is 0 Å². The van der Waals surface area contributed by atoms with Crippen LogP contribution in [0.2, 0.25) is 0 Å². The molecular weight excluding hydrogens is 428 g/mol. The first kappa shape index (κ1) is 20.2. The van der Waals surface area contributed by atoms with Gasteiger partial charge in [0.25, 0.3) is 0 Å². The van der Waals surface area contributed by atoms with Crippen molar-refractivity contribution in [3.05, 3.63) is 60.4 Å². The summed E-state index contributed by atoms with van der Waals surface area (Å²) in [6.45, 7) is 1.83. The zero-order valence-electron chi connectivity index (χ0n) is 19.0. The first-order valence-electron chi connectivity index (χ1n) is 11.1. The molecule has 7 nitrogen and oxygen atoms in total. The first-order chi connectivity index (χ1) is 16.7. The zero-order valence-corrected chi connectivity index (χ0v) is 19.0. The van der Waals surface area contributed by atoms with Gasteiger partial charge < -0.3 is 19.4 Å². The van der Waals surface area contributed by atoms with Crippen LogP contribution in [-0.4, -0.2) is 39.9 Å². The number of pyridine rings is 2. The van der Waals surface area contributed by atoms with Crippen molar-refractivity contribution in [3.8, 4) is 22.9 Å². The van der Waals surface area contributed by atoms with Gasteiger partial charge in [-0.25, -0.2) is 4.98 Å². The fourth-order valence-electron chi connectivity index (χ4n) is 4.79. The standard InChI is InChI=1S/C27H22N4O3/c1-4-18(32)23-24-20(16-9-7-11-19(33-2)21(16)30-24)27(34-3)26(31-23)25-22-15(12-13-28-25)14-8-5-6-10-17(14)29-22/h5-13,29-30H,4H2,1-3H3. The second kappa shape index (κ2) is 7.59. The number of nitrogens with one attached hydrogen (secondary N) is 2. The van der Waals surface area contributed by atoms with E-state index in [1.807, 2.05) is 49.4 Å². The number of aromatic nitrogens is 4. The Morgan fingerprint density at radius 3 is 2.47 bits per heavy atom. The highest BCUT2D eigenvalue weighted by Gasteiger charge is 2.26. The van der Waals surface area contributed by atoms with Crippen LogP contribution in [0.1, 0.15) is 23.8 Å². The molecule has 0 aliphatic heterocycles. The molecule has 0 spiro atoms. The number of hydrogen-bond acceptors (Lipinski definition) is 5. The molecule has 0 fully saturated rings. The lowest BCUT2D eigenvalue weighted by Gasteiger charge is -2.12. The number of ketones is 1. The quantitative estimate of drug-likeness (QED) is 0.313. The largest absolute Gasteiger partial charge is 0.495 e. The molecule has 0 saturated heterocycles. The third-order valence-electron chi connectivity index (χ3n) is 6.36. The monoisotopic (exact) mass is 450 g/mol. The van der Waals surface area contributed by atoms with Crippen LogP contribution < -0.4 is 9.47 Å². The maximum Gasteiger partial charge on any atom is 0.183 e. The smallest absolute Gasteiger partial charge is 0.183 e. The SMILES string of the molecule is CCC(=O)c1nc(-c2nccc3c2[nH]c2ccccc23)c(OC)c2c1[nH]c1c(OC)cccc12. The predicted octanol–water partition coefficient (Wildman–Crippen LogP) is 6.02. The number of ether oxygens (including phenoxy) is 2. The molecule has 7 heteroatoms. The predicted molar refractivity (Wildman–Crippen MR) is 134 cm³/mol. The lowest BCUT2D eigenvalue weighted by atomic mass is 10.0. The molecule has 0 amide bonds. The average Bonchev–Trinajstić information content (AvgIpc) is 3.46. The number of aromatic amines is 2. The van der Waals surface area contributed by atoms with Crippen molar-refractivity contribution in [3.63, 3.8) is 0 Å². The van der Waals surface area contributed by atoms with Gasteiger partial charge in [0.15, 0.2) is 11.5 Å². The molecule has 0 unspecified atom stereocenters. The van der Waals surface area contributed by atoms with E-state index in [-0.39, 0.29) is 5.78 Å². The van der Waals surface area contributed by atoms with Crippen LogP contribution in [0.25, 0.3) is 55.0 Å². The van der Waals surface area contributed by atoms with Gasteiger partial charge in [0.2, 0.25) is 0 Å². The van der Waals surface area contributed by atoms with Crippen molar-refractivity contribution in [2.75, 3.05) is 14.2 Å². The summed E-state index contributed by atoms with van der Waals surface area (Å²) < 4.78 is 11.5. The van der Waals surface area contributed by atoms with Crippen LogP contribution in [-0.2, 0) is 0 Å². The molecule has 2 aromatic carbocycles. The summed E-state index contributed by atoms with van der Waals surface area (Å²) in [5.41, 5.74) is 4.80. The van der Waals surface area contributed by atoms with E-state index in [2.05, 4.69) is 16.0 Å².